The van der Waals surface area contributed by atoms with Crippen LogP contribution in [0.4, 0.5) is 0 Å². The highest BCUT2D eigenvalue weighted by molar-refractivity contribution is 5.81. The quantitative estimate of drug-likeness (QED) is 0.908. The molecule has 0 fully saturated rings. The average Bonchev–Trinajstić information content (AvgIpc) is 2.36. The van der Waals surface area contributed by atoms with Crippen molar-refractivity contribution in [3.8, 4) is 5.75 Å². The molecule has 19 heavy (non-hydrogen) atoms. The van der Waals surface area contributed by atoms with Crippen LogP contribution in [0.25, 0.3) is 10.9 Å². The molecule has 0 spiro atoms. The molecule has 102 valence electrons. The number of H-pyrrole nitrogens is 1. The Morgan fingerprint density at radius 2 is 2.05 bits per heavy atom. The molecule has 3 heteroatoms. The molecule has 0 bridgehead atoms. The molecule has 0 amide bonds. The van der Waals surface area contributed by atoms with Crippen LogP contribution in [-0.4, -0.2) is 11.6 Å². The van der Waals surface area contributed by atoms with E-state index in [2.05, 4.69) is 11.9 Å². The van der Waals surface area contributed by atoms with Gasteiger partial charge in [-0.2, -0.15) is 0 Å². The molecular formula is C16H21NO2. The van der Waals surface area contributed by atoms with Gasteiger partial charge >= 0.3 is 0 Å². The molecule has 1 heterocycles. The highest BCUT2D eigenvalue weighted by atomic mass is 16.5. The SMILES string of the molecule is CCCOc1ccc2[nH]c(C)c(C(C)C)c(=O)c2c1. The maximum atomic E-state index is 12.5. The monoisotopic (exact) mass is 259 g/mol. The van der Waals surface area contributed by atoms with Crippen LogP contribution in [-0.2, 0) is 0 Å². The van der Waals surface area contributed by atoms with Crippen molar-refractivity contribution in [1.29, 1.82) is 0 Å². The Morgan fingerprint density at radius 1 is 1.32 bits per heavy atom. The first kappa shape index (κ1) is 13.7. The van der Waals surface area contributed by atoms with E-state index in [4.69, 9.17) is 4.74 Å². The van der Waals surface area contributed by atoms with E-state index >= 15 is 0 Å². The van der Waals surface area contributed by atoms with E-state index in [1.54, 1.807) is 0 Å². The molecule has 1 aromatic carbocycles. The fraction of sp³-hybridized carbons (Fsp3) is 0.438. The molecular weight excluding hydrogens is 238 g/mol. The molecule has 0 saturated heterocycles. The number of pyridine rings is 1. The van der Waals surface area contributed by atoms with E-state index in [-0.39, 0.29) is 11.3 Å². The first-order valence-corrected chi connectivity index (χ1v) is 6.84. The number of aromatic nitrogens is 1. The summed E-state index contributed by atoms with van der Waals surface area (Å²) in [6.07, 6.45) is 0.958. The molecule has 2 aromatic rings. The molecule has 0 unspecified atom stereocenters. The van der Waals surface area contributed by atoms with Crippen LogP contribution >= 0.6 is 0 Å². The Bertz CT molecular complexity index is 641. The van der Waals surface area contributed by atoms with Gasteiger partial charge in [-0.25, -0.2) is 0 Å². The zero-order valence-electron chi connectivity index (χ0n) is 12.0. The highest BCUT2D eigenvalue weighted by Crippen LogP contribution is 2.21. The van der Waals surface area contributed by atoms with Gasteiger partial charge < -0.3 is 9.72 Å². The van der Waals surface area contributed by atoms with Crippen LogP contribution in [0, 0.1) is 6.92 Å². The number of nitrogens with one attached hydrogen (secondary N) is 1. The van der Waals surface area contributed by atoms with Crippen molar-refractivity contribution in [3.05, 3.63) is 39.7 Å². The van der Waals surface area contributed by atoms with Gasteiger partial charge in [0.15, 0.2) is 5.43 Å². The summed E-state index contributed by atoms with van der Waals surface area (Å²) in [5, 5.41) is 0.711. The Kier molecular flexibility index (Phi) is 3.93. The molecule has 1 aromatic heterocycles. The maximum Gasteiger partial charge on any atom is 0.193 e. The molecule has 0 aliphatic carbocycles. The molecule has 0 radical (unpaired) electrons. The van der Waals surface area contributed by atoms with E-state index in [1.165, 1.54) is 0 Å². The smallest absolute Gasteiger partial charge is 0.193 e. The van der Waals surface area contributed by atoms with Gasteiger partial charge in [-0.15, -0.1) is 0 Å². The lowest BCUT2D eigenvalue weighted by Gasteiger charge is -2.12. The van der Waals surface area contributed by atoms with E-state index in [1.807, 2.05) is 39.0 Å². The van der Waals surface area contributed by atoms with Crippen molar-refractivity contribution in [1.82, 2.24) is 4.98 Å². The summed E-state index contributed by atoms with van der Waals surface area (Å²) in [6.45, 7) is 8.78. The Morgan fingerprint density at radius 3 is 2.68 bits per heavy atom. The number of aromatic amines is 1. The van der Waals surface area contributed by atoms with Gasteiger partial charge in [0.2, 0.25) is 0 Å². The zero-order chi connectivity index (χ0) is 14.0. The van der Waals surface area contributed by atoms with Crippen molar-refractivity contribution in [2.45, 2.75) is 40.0 Å². The lowest BCUT2D eigenvalue weighted by Crippen LogP contribution is -2.14. The third-order valence-electron chi connectivity index (χ3n) is 3.26. The third-order valence-corrected chi connectivity index (χ3v) is 3.26. The summed E-state index contributed by atoms with van der Waals surface area (Å²) < 4.78 is 5.60. The largest absolute Gasteiger partial charge is 0.494 e. The second-order valence-corrected chi connectivity index (χ2v) is 5.20. The topological polar surface area (TPSA) is 42.1 Å². The molecule has 0 aliphatic heterocycles. The second-order valence-electron chi connectivity index (χ2n) is 5.20. The normalized spacial score (nSPS) is 11.2. The Balaban J connectivity index is 2.61. The molecule has 3 nitrogen and oxygen atoms in total. The number of hydrogen-bond acceptors (Lipinski definition) is 2. The summed E-state index contributed by atoms with van der Waals surface area (Å²) >= 11 is 0. The minimum absolute atomic E-state index is 0.114. The maximum absolute atomic E-state index is 12.5. The average molecular weight is 259 g/mol. The second kappa shape index (κ2) is 5.47. The van der Waals surface area contributed by atoms with Crippen LogP contribution in [0.1, 0.15) is 44.4 Å². The van der Waals surface area contributed by atoms with Gasteiger partial charge in [0, 0.05) is 22.2 Å². The van der Waals surface area contributed by atoms with Crippen molar-refractivity contribution >= 4 is 10.9 Å². The lowest BCUT2D eigenvalue weighted by atomic mass is 9.99. The molecule has 0 atom stereocenters. The predicted octanol–water partition coefficient (Wildman–Crippen LogP) is 3.75. The Labute approximate surface area is 113 Å². The Hall–Kier alpha value is -1.77. The molecule has 0 saturated carbocycles. The van der Waals surface area contributed by atoms with Gasteiger partial charge in [-0.1, -0.05) is 20.8 Å². The summed E-state index contributed by atoms with van der Waals surface area (Å²) in [4.78, 5) is 15.8. The highest BCUT2D eigenvalue weighted by Gasteiger charge is 2.12. The number of hydrogen-bond donors (Lipinski definition) is 1. The minimum Gasteiger partial charge on any atom is -0.494 e. The fourth-order valence-corrected chi connectivity index (χ4v) is 2.41. The summed E-state index contributed by atoms with van der Waals surface area (Å²) in [5.41, 5.74) is 2.80. The van der Waals surface area contributed by atoms with Gasteiger partial charge in [0.25, 0.3) is 0 Å². The minimum atomic E-state index is 0.114. The van der Waals surface area contributed by atoms with E-state index in [0.717, 1.165) is 28.9 Å². The first-order valence-electron chi connectivity index (χ1n) is 6.84. The van der Waals surface area contributed by atoms with E-state index in [0.29, 0.717) is 12.0 Å². The van der Waals surface area contributed by atoms with Crippen LogP contribution in [0.3, 0.4) is 0 Å². The number of fused-ring (bicyclic) bond motifs is 1. The number of benzene rings is 1. The van der Waals surface area contributed by atoms with Gasteiger partial charge in [-0.3, -0.25) is 4.79 Å². The number of rotatable bonds is 4. The summed E-state index contributed by atoms with van der Waals surface area (Å²) in [6, 6.07) is 5.66. The predicted molar refractivity (Wildman–Crippen MR) is 79.2 cm³/mol. The van der Waals surface area contributed by atoms with Crippen molar-refractivity contribution < 1.29 is 4.74 Å². The molecule has 0 aliphatic rings. The van der Waals surface area contributed by atoms with Crippen molar-refractivity contribution in [2.24, 2.45) is 0 Å². The van der Waals surface area contributed by atoms with Gasteiger partial charge in [-0.05, 0) is 37.5 Å². The van der Waals surface area contributed by atoms with Crippen molar-refractivity contribution in [2.75, 3.05) is 6.61 Å². The lowest BCUT2D eigenvalue weighted by molar-refractivity contribution is 0.318. The first-order chi connectivity index (χ1) is 9.04. The standard InChI is InChI=1S/C16H21NO2/c1-5-8-19-12-6-7-14-13(9-12)16(18)15(10(2)3)11(4)17-14/h6-7,9-10H,5,8H2,1-4H3,(H,17,18). The number of aryl methyl sites for hydroxylation is 1. The zero-order valence-corrected chi connectivity index (χ0v) is 12.0. The third kappa shape index (κ3) is 2.65. The van der Waals surface area contributed by atoms with Crippen LogP contribution < -0.4 is 10.2 Å². The summed E-state index contributed by atoms with van der Waals surface area (Å²) in [5.74, 6) is 0.978. The molecule has 2 rings (SSSR count). The van der Waals surface area contributed by atoms with E-state index in [9.17, 15) is 4.79 Å². The molecule has 1 N–H and O–H groups in total. The van der Waals surface area contributed by atoms with Crippen LogP contribution in [0.5, 0.6) is 5.75 Å². The van der Waals surface area contributed by atoms with Crippen LogP contribution in [0.15, 0.2) is 23.0 Å². The van der Waals surface area contributed by atoms with Crippen LogP contribution in [0.2, 0.25) is 0 Å². The summed E-state index contributed by atoms with van der Waals surface area (Å²) in [7, 11) is 0. The number of ether oxygens (including phenoxy) is 1. The van der Waals surface area contributed by atoms with Gasteiger partial charge in [0.1, 0.15) is 5.75 Å². The van der Waals surface area contributed by atoms with E-state index < -0.39 is 0 Å². The fourth-order valence-electron chi connectivity index (χ4n) is 2.41. The van der Waals surface area contributed by atoms with Gasteiger partial charge in [0.05, 0.1) is 6.61 Å². The van der Waals surface area contributed by atoms with Crippen molar-refractivity contribution in [3.63, 3.8) is 0 Å².